The normalized spacial score (nSPS) is 13.2. The van der Waals surface area contributed by atoms with Crippen molar-refractivity contribution < 1.29 is 14.5 Å². The number of hydrogen-bond acceptors (Lipinski definition) is 5. The van der Waals surface area contributed by atoms with Crippen molar-refractivity contribution in [1.82, 2.24) is 0 Å². The lowest BCUT2D eigenvalue weighted by Crippen LogP contribution is -2.19. The number of carbonyl (C=O) groups is 2. The summed E-state index contributed by atoms with van der Waals surface area (Å²) in [7, 11) is 0. The van der Waals surface area contributed by atoms with Crippen molar-refractivity contribution in [3.05, 3.63) is 27.8 Å². The molecule has 8 heteroatoms. The Morgan fingerprint density at radius 1 is 1.43 bits per heavy atom. The fraction of sp³-hybridized carbons (Fsp3) is 0.385. The van der Waals surface area contributed by atoms with E-state index in [1.807, 2.05) is 0 Å². The number of fused-ring (bicyclic) bond motifs is 1. The van der Waals surface area contributed by atoms with Gasteiger partial charge in [0.25, 0.3) is 5.69 Å². The van der Waals surface area contributed by atoms with Gasteiger partial charge in [0.2, 0.25) is 11.8 Å². The van der Waals surface area contributed by atoms with Crippen LogP contribution >= 0.6 is 0 Å². The summed E-state index contributed by atoms with van der Waals surface area (Å²) in [5.74, 6) is -0.514. The minimum Gasteiger partial charge on any atom is -0.379 e. The molecule has 0 atom stereocenters. The van der Waals surface area contributed by atoms with Gasteiger partial charge in [0.1, 0.15) is 5.69 Å². The number of rotatable bonds is 6. The molecule has 1 heterocycles. The Balaban J connectivity index is 2.17. The highest BCUT2D eigenvalue weighted by molar-refractivity contribution is 5.95. The largest absolute Gasteiger partial charge is 0.379 e. The van der Waals surface area contributed by atoms with E-state index in [1.54, 1.807) is 6.07 Å². The summed E-state index contributed by atoms with van der Waals surface area (Å²) in [5.41, 5.74) is 6.67. The van der Waals surface area contributed by atoms with E-state index in [1.165, 1.54) is 6.07 Å². The second-order valence-electron chi connectivity index (χ2n) is 4.83. The summed E-state index contributed by atoms with van der Waals surface area (Å²) in [5, 5.41) is 16.7. The number of nitrogens with zero attached hydrogens (tertiary/aromatic N) is 1. The lowest BCUT2D eigenvalue weighted by atomic mass is 10.0. The summed E-state index contributed by atoms with van der Waals surface area (Å²) in [6, 6.07) is 3.04. The van der Waals surface area contributed by atoms with Crippen molar-refractivity contribution in [2.75, 3.05) is 17.2 Å². The Morgan fingerprint density at radius 2 is 2.19 bits per heavy atom. The molecule has 0 radical (unpaired) electrons. The molecule has 0 unspecified atom stereocenters. The van der Waals surface area contributed by atoms with Crippen molar-refractivity contribution in [2.24, 2.45) is 5.73 Å². The molecule has 2 rings (SSSR count). The zero-order chi connectivity index (χ0) is 15.4. The van der Waals surface area contributed by atoms with Gasteiger partial charge in [0, 0.05) is 31.1 Å². The van der Waals surface area contributed by atoms with Crippen molar-refractivity contribution >= 4 is 28.9 Å². The zero-order valence-corrected chi connectivity index (χ0v) is 11.3. The number of anilines is 2. The number of nitrogens with two attached hydrogens (primary N) is 1. The Morgan fingerprint density at radius 3 is 2.86 bits per heavy atom. The Bertz CT molecular complexity index is 600. The molecule has 0 spiro atoms. The zero-order valence-electron chi connectivity index (χ0n) is 11.3. The van der Waals surface area contributed by atoms with Crippen LogP contribution in [0.3, 0.4) is 0 Å². The molecule has 1 aromatic rings. The fourth-order valence-corrected chi connectivity index (χ4v) is 2.19. The first-order valence-corrected chi connectivity index (χ1v) is 6.60. The molecule has 0 aromatic heterocycles. The molecule has 112 valence electrons. The number of nitro groups is 1. The number of primary amides is 1. The number of carbonyl (C=O) groups excluding carboxylic acids is 2. The van der Waals surface area contributed by atoms with Gasteiger partial charge >= 0.3 is 0 Å². The Kier molecular flexibility index (Phi) is 4.36. The standard InChI is InChI=1S/C13H16N4O4/c14-12(18)2-1-5-15-10-7-9-8(3-4-13(19)16-9)6-11(10)17(20)21/h6-7,15H,1-5H2,(H2,14,18)(H,16,19). The second kappa shape index (κ2) is 6.21. The molecular weight excluding hydrogens is 276 g/mol. The minimum atomic E-state index is -0.465. The predicted molar refractivity (Wildman–Crippen MR) is 77.0 cm³/mol. The average molecular weight is 292 g/mol. The molecule has 1 aromatic carbocycles. The number of hydrogen-bond donors (Lipinski definition) is 3. The van der Waals surface area contributed by atoms with Gasteiger partial charge in [0.05, 0.1) is 4.92 Å². The third kappa shape index (κ3) is 3.68. The van der Waals surface area contributed by atoms with Gasteiger partial charge in [-0.1, -0.05) is 0 Å². The Hall–Kier alpha value is -2.64. The highest BCUT2D eigenvalue weighted by atomic mass is 16.6. The van der Waals surface area contributed by atoms with Crippen LogP contribution < -0.4 is 16.4 Å². The number of benzene rings is 1. The van der Waals surface area contributed by atoms with Crippen LogP contribution in [0.2, 0.25) is 0 Å². The van der Waals surface area contributed by atoms with Crippen LogP contribution in [0.5, 0.6) is 0 Å². The second-order valence-corrected chi connectivity index (χ2v) is 4.83. The molecule has 21 heavy (non-hydrogen) atoms. The first-order chi connectivity index (χ1) is 9.97. The molecule has 1 aliphatic rings. The molecular formula is C13H16N4O4. The van der Waals surface area contributed by atoms with Crippen LogP contribution in [0.25, 0.3) is 0 Å². The molecule has 4 N–H and O–H groups in total. The maximum Gasteiger partial charge on any atom is 0.292 e. The number of nitro benzene ring substituents is 1. The SMILES string of the molecule is NC(=O)CCCNc1cc2c(cc1[N+](=O)[O-])CCC(=O)N2. The summed E-state index contributed by atoms with van der Waals surface area (Å²) in [6.45, 7) is 0.385. The van der Waals surface area contributed by atoms with E-state index in [4.69, 9.17) is 5.73 Å². The average Bonchev–Trinajstić information content (AvgIpc) is 2.42. The summed E-state index contributed by atoms with van der Waals surface area (Å²) in [6.07, 6.45) is 1.51. The lowest BCUT2D eigenvalue weighted by molar-refractivity contribution is -0.384. The first-order valence-electron chi connectivity index (χ1n) is 6.60. The first kappa shape index (κ1) is 14.8. The van der Waals surface area contributed by atoms with E-state index in [0.717, 1.165) is 5.56 Å². The van der Waals surface area contributed by atoms with E-state index >= 15 is 0 Å². The number of aryl methyl sites for hydroxylation is 1. The maximum atomic E-state index is 11.4. The molecule has 1 aliphatic heterocycles. The number of amides is 2. The van der Waals surface area contributed by atoms with Crippen LogP contribution in [0.1, 0.15) is 24.8 Å². The van der Waals surface area contributed by atoms with Gasteiger partial charge in [-0.3, -0.25) is 19.7 Å². The van der Waals surface area contributed by atoms with Crippen LogP contribution in [0, 0.1) is 10.1 Å². The van der Waals surface area contributed by atoms with Gasteiger partial charge in [-0.2, -0.15) is 0 Å². The highest BCUT2D eigenvalue weighted by Crippen LogP contribution is 2.34. The molecule has 0 fully saturated rings. The van der Waals surface area contributed by atoms with E-state index in [-0.39, 0.29) is 18.0 Å². The van der Waals surface area contributed by atoms with Crippen LogP contribution in [0.15, 0.2) is 12.1 Å². The quantitative estimate of drug-likeness (QED) is 0.412. The van der Waals surface area contributed by atoms with E-state index in [2.05, 4.69) is 10.6 Å². The molecule has 0 bridgehead atoms. The van der Waals surface area contributed by atoms with Crippen LogP contribution in [0.4, 0.5) is 17.1 Å². The summed E-state index contributed by atoms with van der Waals surface area (Å²) < 4.78 is 0. The maximum absolute atomic E-state index is 11.4. The highest BCUT2D eigenvalue weighted by Gasteiger charge is 2.22. The van der Waals surface area contributed by atoms with E-state index < -0.39 is 10.8 Å². The Labute approximate surface area is 120 Å². The number of nitrogens with one attached hydrogen (secondary N) is 2. The van der Waals surface area contributed by atoms with Gasteiger partial charge in [-0.25, -0.2) is 0 Å². The third-order valence-corrected chi connectivity index (χ3v) is 3.23. The van der Waals surface area contributed by atoms with Crippen molar-refractivity contribution in [3.63, 3.8) is 0 Å². The van der Waals surface area contributed by atoms with Crippen LogP contribution in [-0.2, 0) is 16.0 Å². The fourth-order valence-electron chi connectivity index (χ4n) is 2.19. The molecule has 0 saturated carbocycles. The van der Waals surface area contributed by atoms with Crippen LogP contribution in [-0.4, -0.2) is 23.3 Å². The van der Waals surface area contributed by atoms with Gasteiger partial charge < -0.3 is 16.4 Å². The smallest absolute Gasteiger partial charge is 0.292 e. The topological polar surface area (TPSA) is 127 Å². The van der Waals surface area contributed by atoms with Gasteiger partial charge in [0.15, 0.2) is 0 Å². The lowest BCUT2D eigenvalue weighted by Gasteiger charge is -2.18. The predicted octanol–water partition coefficient (Wildman–Crippen LogP) is 1.16. The third-order valence-electron chi connectivity index (χ3n) is 3.23. The molecule has 2 amide bonds. The van der Waals surface area contributed by atoms with Crippen molar-refractivity contribution in [1.29, 1.82) is 0 Å². The van der Waals surface area contributed by atoms with Crippen molar-refractivity contribution in [2.45, 2.75) is 25.7 Å². The van der Waals surface area contributed by atoms with Crippen molar-refractivity contribution in [3.8, 4) is 0 Å². The van der Waals surface area contributed by atoms with Gasteiger partial charge in [-0.15, -0.1) is 0 Å². The summed E-state index contributed by atoms with van der Waals surface area (Å²) in [4.78, 5) is 32.7. The molecule has 0 saturated heterocycles. The molecule has 0 aliphatic carbocycles. The molecule has 8 nitrogen and oxygen atoms in total. The van der Waals surface area contributed by atoms with E-state index in [9.17, 15) is 19.7 Å². The van der Waals surface area contributed by atoms with Gasteiger partial charge in [-0.05, 0) is 24.5 Å². The monoisotopic (exact) mass is 292 g/mol. The minimum absolute atomic E-state index is 0.0380. The summed E-state index contributed by atoms with van der Waals surface area (Å²) >= 11 is 0. The van der Waals surface area contributed by atoms with E-state index in [0.29, 0.717) is 37.2 Å².